The minimum atomic E-state index is -3.43. The molecular formula is C16H27IN4O3S. The van der Waals surface area contributed by atoms with Crippen molar-refractivity contribution in [3.8, 4) is 0 Å². The summed E-state index contributed by atoms with van der Waals surface area (Å²) in [7, 11) is -0.330. The summed E-state index contributed by atoms with van der Waals surface area (Å²) in [6, 6.07) is 6.81. The number of aliphatic imine (C=N–C) groups is 1. The Hall–Kier alpha value is -0.910. The predicted molar refractivity (Wildman–Crippen MR) is 110 cm³/mol. The van der Waals surface area contributed by atoms with Gasteiger partial charge in [0, 0.05) is 26.7 Å². The van der Waals surface area contributed by atoms with Crippen LogP contribution in [0.1, 0.15) is 25.3 Å². The fourth-order valence-corrected chi connectivity index (χ4v) is 3.39. The van der Waals surface area contributed by atoms with Gasteiger partial charge in [0.05, 0.1) is 10.5 Å². The summed E-state index contributed by atoms with van der Waals surface area (Å²) in [4.78, 5) is 4.44. The van der Waals surface area contributed by atoms with E-state index in [4.69, 9.17) is 4.74 Å². The number of halogens is 1. The average Bonchev–Trinajstić information content (AvgIpc) is 3.02. The molecule has 1 saturated heterocycles. The minimum Gasteiger partial charge on any atom is -0.373 e. The summed E-state index contributed by atoms with van der Waals surface area (Å²) in [5.74, 6) is 0.661. The molecule has 0 amide bonds. The topological polar surface area (TPSA) is 91.8 Å². The third-order valence-corrected chi connectivity index (χ3v) is 5.50. The third kappa shape index (κ3) is 6.39. The SMILES string of the molecule is CN=C(NCc1cccc(S(=O)(=O)NC)c1)NCC1(C)CCCO1.I. The van der Waals surface area contributed by atoms with Gasteiger partial charge in [-0.3, -0.25) is 4.99 Å². The molecule has 0 saturated carbocycles. The fourth-order valence-electron chi connectivity index (χ4n) is 2.59. The molecule has 1 atom stereocenters. The molecule has 2 rings (SSSR count). The van der Waals surface area contributed by atoms with Crippen molar-refractivity contribution in [1.82, 2.24) is 15.4 Å². The molecule has 0 aromatic heterocycles. The fraction of sp³-hybridized carbons (Fsp3) is 0.562. The number of nitrogens with one attached hydrogen (secondary N) is 3. The Labute approximate surface area is 167 Å². The Kier molecular flexibility index (Phi) is 8.58. The van der Waals surface area contributed by atoms with Crippen LogP contribution in [-0.2, 0) is 21.3 Å². The molecule has 7 nitrogen and oxygen atoms in total. The molecule has 3 N–H and O–H groups in total. The molecule has 1 aromatic rings. The van der Waals surface area contributed by atoms with Crippen LogP contribution in [0.4, 0.5) is 0 Å². The normalized spacial score (nSPS) is 20.8. The van der Waals surface area contributed by atoms with Crippen LogP contribution >= 0.6 is 24.0 Å². The highest BCUT2D eigenvalue weighted by atomic mass is 127. The summed E-state index contributed by atoms with van der Waals surface area (Å²) in [6.45, 7) is 4.05. The molecule has 1 aromatic carbocycles. The molecule has 1 aliphatic heterocycles. The highest BCUT2D eigenvalue weighted by Crippen LogP contribution is 2.23. The van der Waals surface area contributed by atoms with Gasteiger partial charge in [-0.05, 0) is 44.5 Å². The molecule has 0 bridgehead atoms. The second-order valence-corrected chi connectivity index (χ2v) is 7.92. The molecule has 1 unspecified atom stereocenters. The van der Waals surface area contributed by atoms with Gasteiger partial charge in [-0.25, -0.2) is 13.1 Å². The smallest absolute Gasteiger partial charge is 0.240 e. The lowest BCUT2D eigenvalue weighted by atomic mass is 10.0. The van der Waals surface area contributed by atoms with E-state index in [9.17, 15) is 8.42 Å². The zero-order chi connectivity index (χ0) is 17.6. The van der Waals surface area contributed by atoms with Gasteiger partial charge >= 0.3 is 0 Å². The second-order valence-electron chi connectivity index (χ2n) is 6.04. The Morgan fingerprint density at radius 1 is 1.36 bits per heavy atom. The maximum Gasteiger partial charge on any atom is 0.240 e. The summed E-state index contributed by atoms with van der Waals surface area (Å²) in [5, 5.41) is 6.45. The first-order valence-electron chi connectivity index (χ1n) is 7.99. The Bertz CT molecular complexity index is 688. The van der Waals surface area contributed by atoms with E-state index in [-0.39, 0.29) is 34.5 Å². The molecule has 142 valence electrons. The van der Waals surface area contributed by atoms with Gasteiger partial charge in [0.15, 0.2) is 5.96 Å². The molecule has 1 fully saturated rings. The molecule has 25 heavy (non-hydrogen) atoms. The summed E-state index contributed by atoms with van der Waals surface area (Å²) >= 11 is 0. The number of ether oxygens (including phenoxy) is 1. The lowest BCUT2D eigenvalue weighted by Gasteiger charge is -2.24. The molecule has 0 radical (unpaired) electrons. The van der Waals surface area contributed by atoms with Crippen molar-refractivity contribution in [2.75, 3.05) is 27.2 Å². The summed E-state index contributed by atoms with van der Waals surface area (Å²) in [6.07, 6.45) is 2.11. The number of sulfonamides is 1. The Balaban J connectivity index is 0.00000312. The monoisotopic (exact) mass is 482 g/mol. The van der Waals surface area contributed by atoms with Crippen molar-refractivity contribution in [3.63, 3.8) is 0 Å². The summed E-state index contributed by atoms with van der Waals surface area (Å²) < 4.78 is 31.8. The van der Waals surface area contributed by atoms with Crippen LogP contribution in [0.15, 0.2) is 34.2 Å². The molecule has 1 heterocycles. The minimum absolute atomic E-state index is 0. The van der Waals surface area contributed by atoms with E-state index in [1.807, 2.05) is 6.07 Å². The molecule has 9 heteroatoms. The predicted octanol–water partition coefficient (Wildman–Crippen LogP) is 1.45. The van der Waals surface area contributed by atoms with Gasteiger partial charge in [0.25, 0.3) is 0 Å². The highest BCUT2D eigenvalue weighted by molar-refractivity contribution is 14.0. The standard InChI is InChI=1S/C16H26N4O3S.HI/c1-16(8-5-9-23-16)12-20-15(17-2)19-11-13-6-4-7-14(10-13)24(21,22)18-3;/h4,6-7,10,18H,5,8-9,11-12H2,1-3H3,(H2,17,19,20);1H. The summed E-state index contributed by atoms with van der Waals surface area (Å²) in [5.41, 5.74) is 0.705. The lowest BCUT2D eigenvalue weighted by Crippen LogP contribution is -2.45. The van der Waals surface area contributed by atoms with E-state index in [0.717, 1.165) is 25.0 Å². The highest BCUT2D eigenvalue weighted by Gasteiger charge is 2.29. The van der Waals surface area contributed by atoms with E-state index in [1.165, 1.54) is 7.05 Å². The average molecular weight is 482 g/mol. The first kappa shape index (κ1) is 22.1. The molecule has 1 aliphatic rings. The van der Waals surface area contributed by atoms with Crippen LogP contribution in [0.2, 0.25) is 0 Å². The molecule has 0 spiro atoms. The van der Waals surface area contributed by atoms with Gasteiger partial charge in [0.1, 0.15) is 0 Å². The van der Waals surface area contributed by atoms with E-state index < -0.39 is 10.0 Å². The first-order chi connectivity index (χ1) is 11.4. The van der Waals surface area contributed by atoms with Gasteiger partial charge in [-0.2, -0.15) is 0 Å². The number of hydrogen-bond acceptors (Lipinski definition) is 4. The largest absolute Gasteiger partial charge is 0.373 e. The van der Waals surface area contributed by atoms with Crippen LogP contribution in [0.3, 0.4) is 0 Å². The quantitative estimate of drug-likeness (QED) is 0.325. The maximum absolute atomic E-state index is 11.9. The Morgan fingerprint density at radius 2 is 2.12 bits per heavy atom. The zero-order valence-electron chi connectivity index (χ0n) is 14.8. The van der Waals surface area contributed by atoms with E-state index in [1.54, 1.807) is 25.2 Å². The third-order valence-electron chi connectivity index (χ3n) is 4.09. The number of rotatable bonds is 6. The van der Waals surface area contributed by atoms with Crippen LogP contribution in [0, 0.1) is 0 Å². The van der Waals surface area contributed by atoms with E-state index in [2.05, 4.69) is 27.3 Å². The zero-order valence-corrected chi connectivity index (χ0v) is 18.0. The van der Waals surface area contributed by atoms with Crippen molar-refractivity contribution in [2.24, 2.45) is 4.99 Å². The lowest BCUT2D eigenvalue weighted by molar-refractivity contribution is 0.0243. The number of benzene rings is 1. The maximum atomic E-state index is 11.9. The van der Waals surface area contributed by atoms with Gasteiger partial charge < -0.3 is 15.4 Å². The Morgan fingerprint density at radius 3 is 2.72 bits per heavy atom. The van der Waals surface area contributed by atoms with E-state index >= 15 is 0 Å². The van der Waals surface area contributed by atoms with Gasteiger partial charge in [-0.1, -0.05) is 12.1 Å². The van der Waals surface area contributed by atoms with E-state index in [0.29, 0.717) is 19.0 Å². The van der Waals surface area contributed by atoms with Crippen LogP contribution in [0.5, 0.6) is 0 Å². The van der Waals surface area contributed by atoms with Crippen molar-refractivity contribution in [3.05, 3.63) is 29.8 Å². The van der Waals surface area contributed by atoms with Crippen LogP contribution in [-0.4, -0.2) is 47.2 Å². The van der Waals surface area contributed by atoms with Crippen LogP contribution < -0.4 is 15.4 Å². The number of hydrogen-bond donors (Lipinski definition) is 3. The first-order valence-corrected chi connectivity index (χ1v) is 9.48. The molecule has 0 aliphatic carbocycles. The van der Waals surface area contributed by atoms with Crippen LogP contribution in [0.25, 0.3) is 0 Å². The van der Waals surface area contributed by atoms with Crippen molar-refractivity contribution >= 4 is 40.0 Å². The number of guanidine groups is 1. The van der Waals surface area contributed by atoms with Gasteiger partial charge in [0.2, 0.25) is 10.0 Å². The van der Waals surface area contributed by atoms with Crippen molar-refractivity contribution < 1.29 is 13.2 Å². The molecular weight excluding hydrogens is 455 g/mol. The van der Waals surface area contributed by atoms with Gasteiger partial charge in [-0.15, -0.1) is 24.0 Å². The second kappa shape index (κ2) is 9.70. The van der Waals surface area contributed by atoms with Crippen molar-refractivity contribution in [2.45, 2.75) is 36.8 Å². The van der Waals surface area contributed by atoms with Crippen molar-refractivity contribution in [1.29, 1.82) is 0 Å². The number of nitrogens with zero attached hydrogens (tertiary/aromatic N) is 1.